The molecule has 0 amide bonds. The van der Waals surface area contributed by atoms with Crippen LogP contribution in [0, 0.1) is 0 Å². The van der Waals surface area contributed by atoms with Crippen LogP contribution in [-0.2, 0) is 0 Å². The van der Waals surface area contributed by atoms with Crippen LogP contribution in [0.5, 0.6) is 0 Å². The third-order valence-electron chi connectivity index (χ3n) is 6.82. The third kappa shape index (κ3) is 3.88. The topological polar surface area (TPSA) is 0 Å². The molecule has 0 aromatic heterocycles. The molecule has 0 saturated carbocycles. The molecule has 178 valence electrons. The summed E-state index contributed by atoms with van der Waals surface area (Å²) in [7, 11) is 0. The Labute approximate surface area is 237 Å². The molecule has 0 nitrogen and oxygen atoms in total. The quantitative estimate of drug-likeness (QED) is 0.214. The molecule has 38 heavy (non-hydrogen) atoms. The van der Waals surface area contributed by atoms with Gasteiger partial charge in [0.15, 0.2) is 0 Å². The summed E-state index contributed by atoms with van der Waals surface area (Å²) in [5, 5.41) is 3.27. The van der Waals surface area contributed by atoms with Crippen molar-refractivity contribution in [2.45, 2.75) is 0 Å². The summed E-state index contributed by atoms with van der Waals surface area (Å²) in [6.45, 7) is 0. The number of benzene rings is 7. The van der Waals surface area contributed by atoms with Gasteiger partial charge >= 0.3 is 0 Å². The summed E-state index contributed by atoms with van der Waals surface area (Å²) in [6, 6.07) is 26.9. The third-order valence-corrected chi connectivity index (χ3v) is 6.82. The summed E-state index contributed by atoms with van der Waals surface area (Å²) in [4.78, 5) is 0. The average Bonchev–Trinajstić information content (AvgIpc) is 3.11. The first-order valence-corrected chi connectivity index (χ1v) is 12.3. The first kappa shape index (κ1) is 14.1. The molecular formula is C38H26. The minimum Gasteiger partial charge on any atom is -0.0622 e. The van der Waals surface area contributed by atoms with Gasteiger partial charge in [0.1, 0.15) is 0 Å². The van der Waals surface area contributed by atoms with E-state index in [-0.39, 0.29) is 35.3 Å². The number of fused-ring (bicyclic) bond motifs is 2. The van der Waals surface area contributed by atoms with Crippen LogP contribution in [0.3, 0.4) is 0 Å². The average molecular weight is 493 g/mol. The van der Waals surface area contributed by atoms with E-state index in [2.05, 4.69) is 0 Å². The van der Waals surface area contributed by atoms with E-state index in [4.69, 9.17) is 13.7 Å². The monoisotopic (exact) mass is 492 g/mol. The Balaban J connectivity index is 1.65. The normalized spacial score (nSPS) is 14.8. The largest absolute Gasteiger partial charge is 0.0629 e. The van der Waals surface area contributed by atoms with Crippen LogP contribution >= 0.6 is 0 Å². The van der Waals surface area contributed by atoms with Crippen molar-refractivity contribution in [1.82, 2.24) is 0 Å². The van der Waals surface area contributed by atoms with E-state index in [1.165, 1.54) is 0 Å². The van der Waals surface area contributed by atoms with Gasteiger partial charge in [0.2, 0.25) is 0 Å². The summed E-state index contributed by atoms with van der Waals surface area (Å²) >= 11 is 0. The standard InChI is InChI=1S/C38H26/c1-5-13-27(14-6-1)31-21-23-33-35(25-31)37(29-17-9-3-10-18-29)34-24-22-32(28-15-7-2-8-16-28)26-36(34)38(33)30-19-11-4-12-20-30/h1-26H/i1D,2D,5D,6D,7D,8D,13D,14D,15D,16D. The van der Waals surface area contributed by atoms with Crippen LogP contribution in [-0.4, -0.2) is 0 Å². The van der Waals surface area contributed by atoms with E-state index in [0.29, 0.717) is 11.1 Å². The second-order valence-electron chi connectivity index (χ2n) is 9.00. The highest BCUT2D eigenvalue weighted by atomic mass is 14.2. The fourth-order valence-electron chi connectivity index (χ4n) is 5.16. The first-order valence-electron chi connectivity index (χ1n) is 17.3. The Morgan fingerprint density at radius 2 is 0.711 bits per heavy atom. The van der Waals surface area contributed by atoms with Gasteiger partial charge in [0.05, 0.1) is 13.7 Å². The van der Waals surface area contributed by atoms with Crippen molar-refractivity contribution in [2.75, 3.05) is 0 Å². The van der Waals surface area contributed by atoms with Crippen LogP contribution in [0.1, 0.15) is 13.7 Å². The van der Waals surface area contributed by atoms with E-state index >= 15 is 0 Å². The first-order chi connectivity index (χ1) is 23.0. The molecule has 0 spiro atoms. The SMILES string of the molecule is [2H]c1c([2H])c([2H])c(-c2ccc3c(-c4ccccc4)c4cc(-c5c([2H])c([2H])c([2H])c([2H])c5[2H])ccc4c(-c4ccccc4)c3c2)c([2H])c1[2H]. The predicted molar refractivity (Wildman–Crippen MR) is 163 cm³/mol. The minimum absolute atomic E-state index is 0.111. The fraction of sp³-hybridized carbons (Fsp3) is 0. The van der Waals surface area contributed by atoms with Crippen molar-refractivity contribution in [1.29, 1.82) is 0 Å². The summed E-state index contributed by atoms with van der Waals surface area (Å²) in [5.74, 6) is 0. The van der Waals surface area contributed by atoms with Gasteiger partial charge in [-0.1, -0.05) is 145 Å². The molecule has 0 fully saturated rings. The zero-order valence-corrected chi connectivity index (χ0v) is 20.2. The van der Waals surface area contributed by atoms with Crippen molar-refractivity contribution in [3.63, 3.8) is 0 Å². The predicted octanol–water partition coefficient (Wildman–Crippen LogP) is 10.7. The zero-order chi connectivity index (χ0) is 34.0. The molecule has 0 N–H and O–H groups in total. The van der Waals surface area contributed by atoms with E-state index in [1.807, 2.05) is 84.9 Å². The van der Waals surface area contributed by atoms with Crippen molar-refractivity contribution in [3.05, 3.63) is 157 Å². The van der Waals surface area contributed by atoms with Gasteiger partial charge in [-0.3, -0.25) is 0 Å². The molecule has 0 atom stereocenters. The van der Waals surface area contributed by atoms with Crippen molar-refractivity contribution < 1.29 is 13.7 Å². The van der Waals surface area contributed by atoms with Crippen LogP contribution in [0.4, 0.5) is 0 Å². The van der Waals surface area contributed by atoms with Gasteiger partial charge in [-0.15, -0.1) is 0 Å². The Morgan fingerprint density at radius 1 is 0.316 bits per heavy atom. The number of hydrogen-bond donors (Lipinski definition) is 0. The van der Waals surface area contributed by atoms with Gasteiger partial charge in [0, 0.05) is 0 Å². The van der Waals surface area contributed by atoms with Crippen LogP contribution in [0.25, 0.3) is 66.1 Å². The van der Waals surface area contributed by atoms with E-state index in [0.717, 1.165) is 43.8 Å². The maximum atomic E-state index is 8.65. The summed E-state index contributed by atoms with van der Waals surface area (Å²) in [6.07, 6.45) is 0. The molecule has 0 saturated heterocycles. The molecule has 0 radical (unpaired) electrons. The maximum Gasteiger partial charge on any atom is 0.0629 e. The Kier molecular flexibility index (Phi) is 3.53. The second kappa shape index (κ2) is 9.50. The maximum absolute atomic E-state index is 8.65. The van der Waals surface area contributed by atoms with E-state index in [9.17, 15) is 0 Å². The lowest BCUT2D eigenvalue weighted by atomic mass is 9.84. The Hall–Kier alpha value is -4.94. The Bertz CT molecular complexity index is 2210. The molecule has 0 aliphatic rings. The fourth-order valence-corrected chi connectivity index (χ4v) is 5.16. The molecule has 0 heteroatoms. The molecule has 7 aromatic rings. The molecule has 0 aliphatic carbocycles. The van der Waals surface area contributed by atoms with Gasteiger partial charge in [-0.2, -0.15) is 0 Å². The molecule has 7 aromatic carbocycles. The van der Waals surface area contributed by atoms with Gasteiger partial charge in [-0.05, 0) is 78.2 Å². The molecule has 0 heterocycles. The summed E-state index contributed by atoms with van der Waals surface area (Å²) in [5.41, 5.74) is 4.65. The van der Waals surface area contributed by atoms with Gasteiger partial charge in [-0.25, -0.2) is 0 Å². The van der Waals surface area contributed by atoms with Crippen LogP contribution in [0.2, 0.25) is 0 Å². The van der Waals surface area contributed by atoms with Crippen molar-refractivity contribution in [3.8, 4) is 44.5 Å². The zero-order valence-electron chi connectivity index (χ0n) is 30.2. The molecular weight excluding hydrogens is 456 g/mol. The van der Waals surface area contributed by atoms with E-state index in [1.54, 1.807) is 12.1 Å². The molecule has 7 rings (SSSR count). The van der Waals surface area contributed by atoms with Crippen LogP contribution < -0.4 is 0 Å². The van der Waals surface area contributed by atoms with Crippen molar-refractivity contribution in [2.24, 2.45) is 0 Å². The lowest BCUT2D eigenvalue weighted by molar-refractivity contribution is 1.62. The second-order valence-corrected chi connectivity index (χ2v) is 9.00. The highest BCUT2D eigenvalue weighted by Crippen LogP contribution is 2.45. The van der Waals surface area contributed by atoms with Gasteiger partial charge in [0.25, 0.3) is 0 Å². The smallest absolute Gasteiger partial charge is 0.0622 e. The lowest BCUT2D eigenvalue weighted by Gasteiger charge is -2.19. The number of hydrogen-bond acceptors (Lipinski definition) is 0. The molecule has 0 bridgehead atoms. The Morgan fingerprint density at radius 3 is 1.11 bits per heavy atom. The lowest BCUT2D eigenvalue weighted by Crippen LogP contribution is -1.92. The minimum atomic E-state index is -0.452. The van der Waals surface area contributed by atoms with Crippen molar-refractivity contribution >= 4 is 21.5 Å². The summed E-state index contributed by atoms with van der Waals surface area (Å²) < 4.78 is 83.8. The van der Waals surface area contributed by atoms with E-state index < -0.39 is 36.3 Å². The van der Waals surface area contributed by atoms with Crippen LogP contribution in [0.15, 0.2) is 157 Å². The highest BCUT2D eigenvalue weighted by Gasteiger charge is 2.18. The number of rotatable bonds is 4. The highest BCUT2D eigenvalue weighted by molar-refractivity contribution is 6.22. The molecule has 0 unspecified atom stereocenters. The molecule has 0 aliphatic heterocycles. The van der Waals surface area contributed by atoms with Gasteiger partial charge < -0.3 is 0 Å².